The fourth-order valence-corrected chi connectivity index (χ4v) is 3.52. The summed E-state index contributed by atoms with van der Waals surface area (Å²) in [6.45, 7) is 1.88. The summed E-state index contributed by atoms with van der Waals surface area (Å²) in [6.07, 6.45) is 0. The molecule has 0 aliphatic heterocycles. The van der Waals surface area contributed by atoms with Gasteiger partial charge >= 0.3 is 0 Å². The fourth-order valence-electron chi connectivity index (χ4n) is 1.22. The summed E-state index contributed by atoms with van der Waals surface area (Å²) in [5, 5.41) is 0. The minimum absolute atomic E-state index is 0.0969. The van der Waals surface area contributed by atoms with Crippen LogP contribution in [0.25, 0.3) is 0 Å². The van der Waals surface area contributed by atoms with Crippen LogP contribution in [0.3, 0.4) is 0 Å². The largest absolute Gasteiger partial charge is 0.329 e. The van der Waals surface area contributed by atoms with Gasteiger partial charge in [-0.3, -0.25) is 0 Å². The molecule has 4 nitrogen and oxygen atoms in total. The number of nitrogens with two attached hydrogens (primary N) is 1. The standard InChI is InChI=1S/C10H14BrFN2O2S/c1-7(6-13)14(2)17(15,16)10-5-8(12)3-4-9(10)11/h3-5,7H,6,13H2,1-2H3. The van der Waals surface area contributed by atoms with E-state index in [1.807, 2.05) is 0 Å². The van der Waals surface area contributed by atoms with Crippen molar-refractivity contribution in [3.05, 3.63) is 28.5 Å². The highest BCUT2D eigenvalue weighted by Crippen LogP contribution is 2.26. The van der Waals surface area contributed by atoms with Crippen LogP contribution in [0.2, 0.25) is 0 Å². The normalized spacial score (nSPS) is 14.0. The van der Waals surface area contributed by atoms with Gasteiger partial charge in [0.15, 0.2) is 0 Å². The van der Waals surface area contributed by atoms with E-state index in [0.717, 1.165) is 10.4 Å². The first-order valence-electron chi connectivity index (χ1n) is 4.94. The van der Waals surface area contributed by atoms with E-state index in [2.05, 4.69) is 15.9 Å². The molecule has 0 spiro atoms. The van der Waals surface area contributed by atoms with Crippen LogP contribution in [0, 0.1) is 5.82 Å². The zero-order valence-electron chi connectivity index (χ0n) is 9.52. The van der Waals surface area contributed by atoms with Crippen molar-refractivity contribution in [1.29, 1.82) is 0 Å². The van der Waals surface area contributed by atoms with E-state index in [1.54, 1.807) is 6.92 Å². The van der Waals surface area contributed by atoms with Crippen LogP contribution in [-0.2, 0) is 10.0 Å². The lowest BCUT2D eigenvalue weighted by Crippen LogP contribution is -2.39. The average molecular weight is 325 g/mol. The monoisotopic (exact) mass is 324 g/mol. The Bertz CT molecular complexity index is 507. The molecule has 7 heteroatoms. The maximum atomic E-state index is 13.1. The highest BCUT2D eigenvalue weighted by atomic mass is 79.9. The van der Waals surface area contributed by atoms with Crippen molar-refractivity contribution < 1.29 is 12.8 Å². The maximum absolute atomic E-state index is 13.1. The van der Waals surface area contributed by atoms with Crippen LogP contribution in [0.1, 0.15) is 6.92 Å². The summed E-state index contributed by atoms with van der Waals surface area (Å²) in [7, 11) is -2.32. The average Bonchev–Trinajstić information content (AvgIpc) is 2.30. The van der Waals surface area contributed by atoms with E-state index < -0.39 is 15.8 Å². The number of benzene rings is 1. The molecule has 1 rings (SSSR count). The van der Waals surface area contributed by atoms with Crippen molar-refractivity contribution in [1.82, 2.24) is 4.31 Å². The Kier molecular flexibility index (Phi) is 4.65. The third kappa shape index (κ3) is 3.04. The molecule has 1 unspecified atom stereocenters. The molecule has 96 valence electrons. The Morgan fingerprint density at radius 1 is 1.53 bits per heavy atom. The van der Waals surface area contributed by atoms with Gasteiger partial charge in [0.2, 0.25) is 10.0 Å². The van der Waals surface area contributed by atoms with Gasteiger partial charge in [0.1, 0.15) is 5.82 Å². The Morgan fingerprint density at radius 2 is 2.12 bits per heavy atom. The molecule has 1 atom stereocenters. The molecule has 1 aromatic carbocycles. The molecule has 0 radical (unpaired) electrons. The summed E-state index contributed by atoms with van der Waals surface area (Å²) in [4.78, 5) is -0.0969. The van der Waals surface area contributed by atoms with Gasteiger partial charge in [-0.2, -0.15) is 4.31 Å². The van der Waals surface area contributed by atoms with E-state index in [1.165, 1.54) is 19.2 Å². The molecule has 0 saturated heterocycles. The predicted octanol–water partition coefficient (Wildman–Crippen LogP) is 1.56. The van der Waals surface area contributed by atoms with Crippen LogP contribution in [0.4, 0.5) is 4.39 Å². The first kappa shape index (κ1) is 14.6. The topological polar surface area (TPSA) is 63.4 Å². The second-order valence-electron chi connectivity index (χ2n) is 3.68. The van der Waals surface area contributed by atoms with E-state index in [4.69, 9.17) is 5.73 Å². The molecule has 0 amide bonds. The molecule has 0 fully saturated rings. The molecule has 17 heavy (non-hydrogen) atoms. The van der Waals surface area contributed by atoms with Gasteiger partial charge in [0.05, 0.1) is 4.90 Å². The minimum Gasteiger partial charge on any atom is -0.329 e. The number of nitrogens with zero attached hydrogens (tertiary/aromatic N) is 1. The third-order valence-corrected chi connectivity index (χ3v) is 5.48. The van der Waals surface area contributed by atoms with Crippen LogP contribution >= 0.6 is 15.9 Å². The SMILES string of the molecule is CC(CN)N(C)S(=O)(=O)c1cc(F)ccc1Br. The molecule has 0 aliphatic rings. The minimum atomic E-state index is -3.74. The molecule has 0 heterocycles. The van der Waals surface area contributed by atoms with Gasteiger partial charge in [0.25, 0.3) is 0 Å². The zero-order valence-corrected chi connectivity index (χ0v) is 11.9. The molecule has 0 aromatic heterocycles. The Balaban J connectivity index is 3.26. The first-order valence-corrected chi connectivity index (χ1v) is 7.17. The number of hydrogen-bond donors (Lipinski definition) is 1. The van der Waals surface area contributed by atoms with Crippen molar-refractivity contribution in [3.63, 3.8) is 0 Å². The van der Waals surface area contributed by atoms with Crippen molar-refractivity contribution in [2.75, 3.05) is 13.6 Å². The van der Waals surface area contributed by atoms with Crippen LogP contribution in [-0.4, -0.2) is 32.4 Å². The number of hydrogen-bond acceptors (Lipinski definition) is 3. The number of rotatable bonds is 4. The molecule has 0 saturated carbocycles. The second kappa shape index (κ2) is 5.43. The molecular weight excluding hydrogens is 311 g/mol. The highest BCUT2D eigenvalue weighted by Gasteiger charge is 2.26. The number of halogens is 2. The first-order chi connectivity index (χ1) is 7.80. The smallest absolute Gasteiger partial charge is 0.244 e. The lowest BCUT2D eigenvalue weighted by atomic mass is 10.3. The zero-order chi connectivity index (χ0) is 13.2. The summed E-state index contributed by atoms with van der Waals surface area (Å²) in [5.41, 5.74) is 5.42. The second-order valence-corrected chi connectivity index (χ2v) is 6.50. The van der Waals surface area contributed by atoms with E-state index in [-0.39, 0.29) is 17.5 Å². The predicted molar refractivity (Wildman–Crippen MR) is 67.6 cm³/mol. The molecule has 0 aliphatic carbocycles. The summed E-state index contributed by atoms with van der Waals surface area (Å²) in [5.74, 6) is -0.597. The van der Waals surface area contributed by atoms with Crippen LogP contribution in [0.5, 0.6) is 0 Å². The van der Waals surface area contributed by atoms with E-state index in [9.17, 15) is 12.8 Å². The Morgan fingerprint density at radius 3 is 2.65 bits per heavy atom. The van der Waals surface area contributed by atoms with Crippen LogP contribution in [0.15, 0.2) is 27.6 Å². The molecule has 0 bridgehead atoms. The van der Waals surface area contributed by atoms with Gasteiger partial charge in [-0.25, -0.2) is 12.8 Å². The number of likely N-dealkylation sites (N-methyl/N-ethyl adjacent to an activating group) is 1. The van der Waals surface area contributed by atoms with Gasteiger partial charge in [0, 0.05) is 24.1 Å². The van der Waals surface area contributed by atoms with Crippen molar-refractivity contribution in [2.45, 2.75) is 17.9 Å². The Hall–Kier alpha value is -0.500. The highest BCUT2D eigenvalue weighted by molar-refractivity contribution is 9.10. The van der Waals surface area contributed by atoms with Crippen LogP contribution < -0.4 is 5.73 Å². The Labute approximate surface area is 109 Å². The van der Waals surface area contributed by atoms with Crippen molar-refractivity contribution >= 4 is 26.0 Å². The van der Waals surface area contributed by atoms with Crippen molar-refractivity contribution in [3.8, 4) is 0 Å². The van der Waals surface area contributed by atoms with Gasteiger partial charge < -0.3 is 5.73 Å². The van der Waals surface area contributed by atoms with E-state index in [0.29, 0.717) is 4.47 Å². The third-order valence-electron chi connectivity index (χ3n) is 2.51. The summed E-state index contributed by atoms with van der Waals surface area (Å²) in [6, 6.07) is 3.19. The molecular formula is C10H14BrFN2O2S. The molecule has 1 aromatic rings. The fraction of sp³-hybridized carbons (Fsp3) is 0.400. The molecule has 2 N–H and O–H groups in total. The lowest BCUT2D eigenvalue weighted by Gasteiger charge is -2.23. The van der Waals surface area contributed by atoms with Gasteiger partial charge in [-0.15, -0.1) is 0 Å². The van der Waals surface area contributed by atoms with Gasteiger partial charge in [-0.1, -0.05) is 0 Å². The maximum Gasteiger partial charge on any atom is 0.244 e. The van der Waals surface area contributed by atoms with E-state index >= 15 is 0 Å². The summed E-state index contributed by atoms with van der Waals surface area (Å²) >= 11 is 3.10. The van der Waals surface area contributed by atoms with Crippen molar-refractivity contribution in [2.24, 2.45) is 5.73 Å². The quantitative estimate of drug-likeness (QED) is 0.914. The summed E-state index contributed by atoms with van der Waals surface area (Å²) < 4.78 is 38.9. The lowest BCUT2D eigenvalue weighted by molar-refractivity contribution is 0.394. The number of sulfonamides is 1. The van der Waals surface area contributed by atoms with Gasteiger partial charge in [-0.05, 0) is 41.1 Å².